The van der Waals surface area contributed by atoms with E-state index in [1.807, 2.05) is 6.07 Å². The number of hydrogen-bond donors (Lipinski definition) is 2. The van der Waals surface area contributed by atoms with Crippen LogP contribution < -0.4 is 4.74 Å². The number of hydrogen-bond acceptors (Lipinski definition) is 4. The third-order valence-electron chi connectivity index (χ3n) is 6.59. The highest BCUT2D eigenvalue weighted by Gasteiger charge is 2.30. The Bertz CT molecular complexity index is 1680. The average molecular weight is 603 g/mol. The number of ether oxygens (including phenoxy) is 1. The van der Waals surface area contributed by atoms with Crippen molar-refractivity contribution in [2.24, 2.45) is 0 Å². The first-order valence-corrected chi connectivity index (χ1v) is 13.8. The summed E-state index contributed by atoms with van der Waals surface area (Å²) in [6, 6.07) is 14.7. The van der Waals surface area contributed by atoms with Crippen molar-refractivity contribution < 1.29 is 32.2 Å². The molecule has 212 valence electrons. The molecule has 5 rings (SSSR count). The van der Waals surface area contributed by atoms with Gasteiger partial charge in [0.15, 0.2) is 0 Å². The van der Waals surface area contributed by atoms with Gasteiger partial charge in [0.25, 0.3) is 0 Å². The van der Waals surface area contributed by atoms with Crippen molar-refractivity contribution in [1.29, 1.82) is 0 Å². The van der Waals surface area contributed by atoms with E-state index in [2.05, 4.69) is 4.98 Å². The summed E-state index contributed by atoms with van der Waals surface area (Å²) in [4.78, 5) is 19.8. The number of thiazole rings is 1. The molecule has 5 nitrogen and oxygen atoms in total. The summed E-state index contributed by atoms with van der Waals surface area (Å²) in [6.45, 7) is 0.270. The predicted molar refractivity (Wildman–Crippen MR) is 150 cm³/mol. The van der Waals surface area contributed by atoms with Gasteiger partial charge in [-0.05, 0) is 60.9 Å². The molecule has 11 heteroatoms. The van der Waals surface area contributed by atoms with Gasteiger partial charge in [0.2, 0.25) is 0 Å². The number of carboxylic acids is 1. The number of rotatable bonds is 10. The Labute approximate surface area is 241 Å². The topological polar surface area (TPSA) is 75.2 Å². The molecule has 0 saturated heterocycles. The number of H-pyrrole nitrogens is 1. The summed E-state index contributed by atoms with van der Waals surface area (Å²) < 4.78 is 59.5. The number of alkyl halides is 3. The van der Waals surface area contributed by atoms with Crippen LogP contribution in [0.3, 0.4) is 0 Å². The zero-order valence-electron chi connectivity index (χ0n) is 21.4. The van der Waals surface area contributed by atoms with Crippen LogP contribution in [0.2, 0.25) is 5.02 Å². The quantitative estimate of drug-likeness (QED) is 0.158. The zero-order valence-corrected chi connectivity index (χ0v) is 23.0. The van der Waals surface area contributed by atoms with Crippen LogP contribution in [0.4, 0.5) is 17.6 Å². The minimum atomic E-state index is -4.44. The Morgan fingerprint density at radius 3 is 2.54 bits per heavy atom. The molecule has 0 bridgehead atoms. The largest absolute Gasteiger partial charge is 0.493 e. The minimum Gasteiger partial charge on any atom is -0.493 e. The molecule has 2 N–H and O–H groups in total. The van der Waals surface area contributed by atoms with Crippen molar-refractivity contribution in [3.05, 3.63) is 105 Å². The molecule has 2 aromatic heterocycles. The Morgan fingerprint density at radius 2 is 1.83 bits per heavy atom. The lowest BCUT2D eigenvalue weighted by Crippen LogP contribution is -2.04. The fourth-order valence-corrected chi connectivity index (χ4v) is 5.88. The number of benzene rings is 3. The first-order valence-electron chi connectivity index (χ1n) is 12.6. The summed E-state index contributed by atoms with van der Waals surface area (Å²) in [5.74, 6) is -0.783. The van der Waals surface area contributed by atoms with E-state index in [0.29, 0.717) is 57.4 Å². The number of fused-ring (bicyclic) bond motifs is 1. The molecular weight excluding hydrogens is 580 g/mol. The van der Waals surface area contributed by atoms with E-state index in [0.717, 1.165) is 27.9 Å². The van der Waals surface area contributed by atoms with Crippen molar-refractivity contribution in [1.82, 2.24) is 9.97 Å². The third-order valence-corrected chi connectivity index (χ3v) is 8.15. The van der Waals surface area contributed by atoms with Crippen molar-refractivity contribution in [3.8, 4) is 16.3 Å². The van der Waals surface area contributed by atoms with Gasteiger partial charge in [-0.1, -0.05) is 29.8 Å². The second kappa shape index (κ2) is 11.9. The summed E-state index contributed by atoms with van der Waals surface area (Å²) in [6.07, 6.45) is -1.77. The fourth-order valence-electron chi connectivity index (χ4n) is 4.53. The van der Waals surface area contributed by atoms with Crippen molar-refractivity contribution >= 4 is 39.8 Å². The van der Waals surface area contributed by atoms with Gasteiger partial charge in [0.05, 0.1) is 24.3 Å². The smallest absolute Gasteiger partial charge is 0.416 e. The lowest BCUT2D eigenvalue weighted by atomic mass is 10.1. The average Bonchev–Trinajstić information content (AvgIpc) is 3.51. The summed E-state index contributed by atoms with van der Waals surface area (Å²) in [7, 11) is 0. The van der Waals surface area contributed by atoms with Crippen LogP contribution in [0.25, 0.3) is 21.5 Å². The molecule has 5 aromatic rings. The lowest BCUT2D eigenvalue weighted by molar-refractivity contribution is -0.138. The lowest BCUT2D eigenvalue weighted by Gasteiger charge is -2.08. The molecule has 0 radical (unpaired) electrons. The third kappa shape index (κ3) is 6.71. The van der Waals surface area contributed by atoms with Gasteiger partial charge >= 0.3 is 12.1 Å². The number of aliphatic carboxylic acids is 1. The molecule has 3 aromatic carbocycles. The molecule has 0 aliphatic rings. The minimum absolute atomic E-state index is 0.119. The maximum absolute atomic E-state index is 14.4. The van der Waals surface area contributed by atoms with Gasteiger partial charge in [0.1, 0.15) is 16.6 Å². The maximum atomic E-state index is 14.4. The summed E-state index contributed by atoms with van der Waals surface area (Å²) in [5.41, 5.74) is 2.31. The number of nitrogens with one attached hydrogen (secondary N) is 1. The monoisotopic (exact) mass is 602 g/mol. The van der Waals surface area contributed by atoms with Gasteiger partial charge in [-0.25, -0.2) is 9.37 Å². The molecule has 0 fully saturated rings. The van der Waals surface area contributed by atoms with Crippen LogP contribution in [0.1, 0.15) is 27.3 Å². The molecule has 0 amide bonds. The van der Waals surface area contributed by atoms with Gasteiger partial charge in [-0.2, -0.15) is 13.2 Å². The van der Waals surface area contributed by atoms with E-state index in [4.69, 9.17) is 26.4 Å². The number of aromatic nitrogens is 2. The number of carbonyl (C=O) groups is 1. The van der Waals surface area contributed by atoms with Gasteiger partial charge in [-0.15, -0.1) is 11.3 Å². The van der Waals surface area contributed by atoms with Crippen LogP contribution in [-0.2, 0) is 36.7 Å². The molecule has 2 heterocycles. The highest BCUT2D eigenvalue weighted by atomic mass is 35.5. The second-order valence-corrected chi connectivity index (χ2v) is 10.8. The Morgan fingerprint density at radius 1 is 1.05 bits per heavy atom. The standard InChI is InChI=1S/C30H23ClF4N2O3S/c31-23-2-1-3-24(32)21(23)9-11-26-27(41-29(37-26)17-4-6-19(7-5-17)30(33,34)35)12-13-40-20-8-10-25-22(15-20)18(16-36-25)14-28(38)39/h1-8,10,15-16,36H,9,11-14H2,(H,38,39). The molecule has 0 saturated carbocycles. The van der Waals surface area contributed by atoms with E-state index in [1.165, 1.54) is 35.6 Å². The van der Waals surface area contributed by atoms with E-state index in [9.17, 15) is 22.4 Å². The first-order chi connectivity index (χ1) is 19.6. The number of nitrogens with zero attached hydrogens (tertiary/aromatic N) is 1. The first kappa shape index (κ1) is 28.6. The SMILES string of the molecule is O=C(O)Cc1c[nH]c2ccc(OCCc3sc(-c4ccc(C(F)(F)F)cc4)nc3CCc3c(F)cccc3Cl)cc12. The Kier molecular flexibility index (Phi) is 8.32. The fraction of sp³-hybridized carbons (Fsp3) is 0.200. The van der Waals surface area contributed by atoms with Crippen LogP contribution in [0.15, 0.2) is 66.9 Å². The van der Waals surface area contributed by atoms with Gasteiger partial charge in [-0.3, -0.25) is 4.79 Å². The highest BCUT2D eigenvalue weighted by Crippen LogP contribution is 2.34. The van der Waals surface area contributed by atoms with Crippen molar-refractivity contribution in [3.63, 3.8) is 0 Å². The van der Waals surface area contributed by atoms with E-state index >= 15 is 0 Å². The molecule has 0 aliphatic carbocycles. The molecule has 41 heavy (non-hydrogen) atoms. The molecule has 0 spiro atoms. The molecule has 0 atom stereocenters. The van der Waals surface area contributed by atoms with Crippen LogP contribution in [0, 0.1) is 5.82 Å². The number of aromatic amines is 1. The Hall–Kier alpha value is -3.89. The summed E-state index contributed by atoms with van der Waals surface area (Å²) in [5, 5.41) is 10.8. The zero-order chi connectivity index (χ0) is 29.1. The van der Waals surface area contributed by atoms with Crippen LogP contribution in [0.5, 0.6) is 5.75 Å². The van der Waals surface area contributed by atoms with Crippen molar-refractivity contribution in [2.75, 3.05) is 6.61 Å². The summed E-state index contributed by atoms with van der Waals surface area (Å²) >= 11 is 7.56. The normalized spacial score (nSPS) is 11.7. The van der Waals surface area contributed by atoms with E-state index in [-0.39, 0.29) is 13.0 Å². The number of aryl methyl sites for hydroxylation is 1. The van der Waals surface area contributed by atoms with E-state index in [1.54, 1.807) is 24.4 Å². The van der Waals surface area contributed by atoms with Crippen molar-refractivity contribution in [2.45, 2.75) is 31.9 Å². The second-order valence-electron chi connectivity index (χ2n) is 9.35. The van der Waals surface area contributed by atoms with Gasteiger partial charge in [0, 0.05) is 44.5 Å². The molecule has 0 aliphatic heterocycles. The maximum Gasteiger partial charge on any atom is 0.416 e. The molecule has 0 unspecified atom stereocenters. The van der Waals surface area contributed by atoms with E-state index < -0.39 is 23.5 Å². The number of halogens is 5. The van der Waals surface area contributed by atoms with Gasteiger partial charge < -0.3 is 14.8 Å². The number of carboxylic acid groups (broad SMARTS) is 1. The van der Waals surface area contributed by atoms with Crippen LogP contribution in [-0.4, -0.2) is 27.7 Å². The van der Waals surface area contributed by atoms with Crippen LogP contribution >= 0.6 is 22.9 Å². The predicted octanol–water partition coefficient (Wildman–Crippen LogP) is 8.14. The molecular formula is C30H23ClF4N2O3S. The highest BCUT2D eigenvalue weighted by molar-refractivity contribution is 7.15. The Balaban J connectivity index is 1.36.